The Labute approximate surface area is 73.8 Å². The first-order chi connectivity index (χ1) is 5.16. The van der Waals surface area contributed by atoms with Crippen molar-refractivity contribution in [1.29, 1.82) is 0 Å². The standard InChI is InChI=1S/C8H19NOS/c1-7(6-11-3)9-5-4-8(2)10/h7-10H,4-6H2,1-3H3. The second-order valence-electron chi connectivity index (χ2n) is 2.95. The van der Waals surface area contributed by atoms with Gasteiger partial charge in [-0.25, -0.2) is 0 Å². The zero-order chi connectivity index (χ0) is 8.69. The quantitative estimate of drug-likeness (QED) is 0.637. The summed E-state index contributed by atoms with van der Waals surface area (Å²) in [6.07, 6.45) is 2.77. The van der Waals surface area contributed by atoms with E-state index >= 15 is 0 Å². The van der Waals surface area contributed by atoms with Gasteiger partial charge < -0.3 is 10.4 Å². The average Bonchev–Trinajstić information content (AvgIpc) is 1.87. The van der Waals surface area contributed by atoms with E-state index in [9.17, 15) is 0 Å². The SMILES string of the molecule is CSCC(C)NCCC(C)O. The Morgan fingerprint density at radius 1 is 1.45 bits per heavy atom. The molecule has 68 valence electrons. The summed E-state index contributed by atoms with van der Waals surface area (Å²) in [5.74, 6) is 1.14. The Bertz CT molecular complexity index is 88.2. The van der Waals surface area contributed by atoms with Crippen molar-refractivity contribution in [3.63, 3.8) is 0 Å². The molecule has 0 aromatic carbocycles. The van der Waals surface area contributed by atoms with E-state index in [2.05, 4.69) is 18.5 Å². The molecule has 0 bridgehead atoms. The van der Waals surface area contributed by atoms with Gasteiger partial charge in [0.1, 0.15) is 0 Å². The third kappa shape index (κ3) is 8.17. The molecule has 0 saturated heterocycles. The first kappa shape index (κ1) is 11.3. The number of nitrogens with one attached hydrogen (secondary N) is 1. The molecule has 0 aliphatic carbocycles. The highest BCUT2D eigenvalue weighted by molar-refractivity contribution is 7.98. The lowest BCUT2D eigenvalue weighted by Crippen LogP contribution is -2.30. The fraction of sp³-hybridized carbons (Fsp3) is 1.00. The Kier molecular flexibility index (Phi) is 7.12. The van der Waals surface area contributed by atoms with Crippen LogP contribution in [-0.2, 0) is 0 Å². The molecule has 0 saturated carbocycles. The molecule has 0 aliphatic rings. The van der Waals surface area contributed by atoms with Crippen LogP contribution in [0.5, 0.6) is 0 Å². The molecule has 0 aromatic rings. The van der Waals surface area contributed by atoms with Gasteiger partial charge in [0.2, 0.25) is 0 Å². The third-order valence-electron chi connectivity index (χ3n) is 1.47. The van der Waals surface area contributed by atoms with E-state index in [1.54, 1.807) is 0 Å². The molecule has 0 heterocycles. The number of aliphatic hydroxyl groups is 1. The maximum atomic E-state index is 8.95. The van der Waals surface area contributed by atoms with Crippen molar-refractivity contribution in [2.24, 2.45) is 0 Å². The van der Waals surface area contributed by atoms with E-state index in [-0.39, 0.29) is 6.10 Å². The Hall–Kier alpha value is 0.270. The lowest BCUT2D eigenvalue weighted by Gasteiger charge is -2.12. The van der Waals surface area contributed by atoms with Crippen molar-refractivity contribution in [2.75, 3.05) is 18.6 Å². The molecule has 2 atom stereocenters. The van der Waals surface area contributed by atoms with Gasteiger partial charge in [0.05, 0.1) is 6.10 Å². The largest absolute Gasteiger partial charge is 0.393 e. The Morgan fingerprint density at radius 2 is 2.09 bits per heavy atom. The second kappa shape index (κ2) is 6.95. The van der Waals surface area contributed by atoms with Crippen molar-refractivity contribution < 1.29 is 5.11 Å². The predicted octanol–water partition coefficient (Wildman–Crippen LogP) is 1.10. The van der Waals surface area contributed by atoms with Crippen LogP contribution in [0.2, 0.25) is 0 Å². The number of aliphatic hydroxyl groups excluding tert-OH is 1. The van der Waals surface area contributed by atoms with Crippen LogP contribution in [0.15, 0.2) is 0 Å². The lowest BCUT2D eigenvalue weighted by molar-refractivity contribution is 0.183. The normalized spacial score (nSPS) is 16.4. The number of thioether (sulfide) groups is 1. The van der Waals surface area contributed by atoms with Crippen molar-refractivity contribution in [3.8, 4) is 0 Å². The summed E-state index contributed by atoms with van der Waals surface area (Å²) < 4.78 is 0. The summed E-state index contributed by atoms with van der Waals surface area (Å²) in [5.41, 5.74) is 0. The van der Waals surface area contributed by atoms with Crippen LogP contribution in [0.4, 0.5) is 0 Å². The molecule has 11 heavy (non-hydrogen) atoms. The van der Waals surface area contributed by atoms with E-state index in [0.29, 0.717) is 6.04 Å². The molecule has 2 unspecified atom stereocenters. The van der Waals surface area contributed by atoms with Crippen LogP contribution in [-0.4, -0.2) is 35.8 Å². The molecule has 0 radical (unpaired) electrons. The van der Waals surface area contributed by atoms with Crippen molar-refractivity contribution in [3.05, 3.63) is 0 Å². The monoisotopic (exact) mass is 177 g/mol. The van der Waals surface area contributed by atoms with Gasteiger partial charge in [-0.15, -0.1) is 0 Å². The molecule has 0 amide bonds. The van der Waals surface area contributed by atoms with Crippen LogP contribution in [0, 0.1) is 0 Å². The van der Waals surface area contributed by atoms with Crippen LogP contribution in [0.1, 0.15) is 20.3 Å². The highest BCUT2D eigenvalue weighted by atomic mass is 32.2. The molecular weight excluding hydrogens is 158 g/mol. The summed E-state index contributed by atoms with van der Waals surface area (Å²) >= 11 is 1.84. The fourth-order valence-electron chi connectivity index (χ4n) is 0.848. The number of hydrogen-bond donors (Lipinski definition) is 2. The minimum atomic E-state index is -0.177. The topological polar surface area (TPSA) is 32.3 Å². The second-order valence-corrected chi connectivity index (χ2v) is 3.86. The van der Waals surface area contributed by atoms with Crippen molar-refractivity contribution >= 4 is 11.8 Å². The van der Waals surface area contributed by atoms with E-state index in [4.69, 9.17) is 5.11 Å². The van der Waals surface area contributed by atoms with Crippen LogP contribution >= 0.6 is 11.8 Å². The van der Waals surface area contributed by atoms with E-state index in [0.717, 1.165) is 18.7 Å². The molecule has 2 nitrogen and oxygen atoms in total. The first-order valence-corrected chi connectivity index (χ1v) is 5.46. The Balaban J connectivity index is 3.10. The predicted molar refractivity (Wildman–Crippen MR) is 52.1 cm³/mol. The van der Waals surface area contributed by atoms with Gasteiger partial charge in [-0.05, 0) is 33.1 Å². The van der Waals surface area contributed by atoms with E-state index < -0.39 is 0 Å². The third-order valence-corrected chi connectivity index (χ3v) is 2.30. The molecule has 0 aliphatic heterocycles. The summed E-state index contributed by atoms with van der Waals surface area (Å²) in [5, 5.41) is 12.3. The minimum Gasteiger partial charge on any atom is -0.393 e. The van der Waals surface area contributed by atoms with Crippen LogP contribution in [0.3, 0.4) is 0 Å². The maximum absolute atomic E-state index is 8.95. The molecule has 0 rings (SSSR count). The highest BCUT2D eigenvalue weighted by Crippen LogP contribution is 1.96. The van der Waals surface area contributed by atoms with Gasteiger partial charge in [0, 0.05) is 11.8 Å². The van der Waals surface area contributed by atoms with Crippen molar-refractivity contribution in [1.82, 2.24) is 5.32 Å². The smallest absolute Gasteiger partial charge is 0.0524 e. The van der Waals surface area contributed by atoms with Gasteiger partial charge in [-0.2, -0.15) is 11.8 Å². The molecular formula is C8H19NOS. The van der Waals surface area contributed by atoms with Gasteiger partial charge in [-0.1, -0.05) is 0 Å². The lowest BCUT2D eigenvalue weighted by atomic mass is 10.3. The molecule has 0 fully saturated rings. The van der Waals surface area contributed by atoms with Crippen molar-refractivity contribution in [2.45, 2.75) is 32.4 Å². The first-order valence-electron chi connectivity index (χ1n) is 4.07. The maximum Gasteiger partial charge on any atom is 0.0524 e. The van der Waals surface area contributed by atoms with Gasteiger partial charge in [-0.3, -0.25) is 0 Å². The molecule has 3 heteroatoms. The summed E-state index contributed by atoms with van der Waals surface area (Å²) in [6.45, 7) is 4.90. The number of hydrogen-bond acceptors (Lipinski definition) is 3. The zero-order valence-electron chi connectivity index (χ0n) is 7.63. The van der Waals surface area contributed by atoms with Crippen LogP contribution in [0.25, 0.3) is 0 Å². The summed E-state index contributed by atoms with van der Waals surface area (Å²) in [4.78, 5) is 0. The fourth-order valence-corrected chi connectivity index (χ4v) is 1.47. The van der Waals surface area contributed by atoms with Gasteiger partial charge >= 0.3 is 0 Å². The van der Waals surface area contributed by atoms with E-state index in [1.807, 2.05) is 18.7 Å². The minimum absolute atomic E-state index is 0.177. The zero-order valence-corrected chi connectivity index (χ0v) is 8.45. The van der Waals surface area contributed by atoms with Gasteiger partial charge in [0.25, 0.3) is 0 Å². The highest BCUT2D eigenvalue weighted by Gasteiger charge is 2.00. The molecule has 0 aromatic heterocycles. The Morgan fingerprint density at radius 3 is 2.55 bits per heavy atom. The molecule has 2 N–H and O–H groups in total. The summed E-state index contributed by atoms with van der Waals surface area (Å²) in [7, 11) is 0. The molecule has 0 spiro atoms. The van der Waals surface area contributed by atoms with Gasteiger partial charge in [0.15, 0.2) is 0 Å². The van der Waals surface area contributed by atoms with Crippen LogP contribution < -0.4 is 5.32 Å². The summed E-state index contributed by atoms with van der Waals surface area (Å²) in [6, 6.07) is 0.559. The average molecular weight is 177 g/mol. The van der Waals surface area contributed by atoms with E-state index in [1.165, 1.54) is 0 Å². The number of rotatable bonds is 6.